The summed E-state index contributed by atoms with van der Waals surface area (Å²) in [6.45, 7) is 9.11. The zero-order valence-corrected chi connectivity index (χ0v) is 14.5. The summed E-state index contributed by atoms with van der Waals surface area (Å²) in [6.07, 6.45) is 4.46. The lowest BCUT2D eigenvalue weighted by Gasteiger charge is -2.35. The summed E-state index contributed by atoms with van der Waals surface area (Å²) in [5.41, 5.74) is 2.16. The van der Waals surface area contributed by atoms with Gasteiger partial charge in [-0.05, 0) is 13.8 Å². The minimum atomic E-state index is 0.327. The van der Waals surface area contributed by atoms with Crippen molar-refractivity contribution in [1.29, 1.82) is 0 Å². The Morgan fingerprint density at radius 1 is 1.08 bits per heavy atom. The molecule has 0 unspecified atom stereocenters. The van der Waals surface area contributed by atoms with Crippen molar-refractivity contribution in [1.82, 2.24) is 20.2 Å². The third-order valence-corrected chi connectivity index (χ3v) is 4.17. The van der Waals surface area contributed by atoms with Crippen molar-refractivity contribution in [2.45, 2.75) is 32.6 Å². The fourth-order valence-electron chi connectivity index (χ4n) is 3.12. The van der Waals surface area contributed by atoms with E-state index in [1.807, 2.05) is 42.7 Å². The van der Waals surface area contributed by atoms with Gasteiger partial charge in [0.05, 0.1) is 12.2 Å². The van der Waals surface area contributed by atoms with Gasteiger partial charge in [0.2, 0.25) is 0 Å². The molecule has 1 aromatic heterocycles. The summed E-state index contributed by atoms with van der Waals surface area (Å²) in [5.74, 6) is 0.774. The van der Waals surface area contributed by atoms with Gasteiger partial charge in [-0.3, -0.25) is 4.90 Å². The van der Waals surface area contributed by atoms with Crippen LogP contribution in [0.3, 0.4) is 0 Å². The first-order valence-corrected chi connectivity index (χ1v) is 8.65. The first-order valence-electron chi connectivity index (χ1n) is 8.65. The zero-order chi connectivity index (χ0) is 16.8. The Morgan fingerprint density at radius 3 is 2.42 bits per heavy atom. The molecule has 0 bridgehead atoms. The molecule has 128 valence electrons. The Morgan fingerprint density at radius 2 is 1.75 bits per heavy atom. The number of aromatic nitrogens is 2. The molecule has 1 saturated heterocycles. The molecule has 0 spiro atoms. The predicted octanol–water partition coefficient (Wildman–Crippen LogP) is 2.34. The second-order valence-electron chi connectivity index (χ2n) is 6.47. The molecule has 1 aromatic carbocycles. The van der Waals surface area contributed by atoms with E-state index in [2.05, 4.69) is 34.0 Å². The number of rotatable bonds is 6. The third-order valence-electron chi connectivity index (χ3n) is 4.17. The molecule has 2 atom stereocenters. The second kappa shape index (κ2) is 8.33. The highest BCUT2D eigenvalue weighted by molar-refractivity contribution is 5.53. The number of hydrogen-bond donors (Lipinski definition) is 1. The summed E-state index contributed by atoms with van der Waals surface area (Å²) in [6, 6.07) is 10.1. The molecule has 1 fully saturated rings. The molecule has 0 saturated carbocycles. The number of nitrogens with zero attached hydrogens (tertiary/aromatic N) is 3. The van der Waals surface area contributed by atoms with Crippen LogP contribution in [0, 0.1) is 0 Å². The molecule has 0 aliphatic carbocycles. The number of morpholine rings is 1. The van der Waals surface area contributed by atoms with E-state index >= 15 is 0 Å². The predicted molar refractivity (Wildman–Crippen MR) is 95.6 cm³/mol. The van der Waals surface area contributed by atoms with Crippen LogP contribution >= 0.6 is 0 Å². The van der Waals surface area contributed by atoms with Crippen molar-refractivity contribution in [3.8, 4) is 11.4 Å². The van der Waals surface area contributed by atoms with Gasteiger partial charge >= 0.3 is 0 Å². The van der Waals surface area contributed by atoms with Crippen LogP contribution in [-0.2, 0) is 11.3 Å². The van der Waals surface area contributed by atoms with Crippen LogP contribution in [-0.4, -0.2) is 53.3 Å². The maximum atomic E-state index is 5.76. The normalized spacial score (nSPS) is 21.8. The van der Waals surface area contributed by atoms with E-state index in [-0.39, 0.29) is 0 Å². The highest BCUT2D eigenvalue weighted by Gasteiger charge is 2.21. The van der Waals surface area contributed by atoms with Gasteiger partial charge in [-0.2, -0.15) is 0 Å². The fourth-order valence-corrected chi connectivity index (χ4v) is 3.12. The second-order valence-corrected chi connectivity index (χ2v) is 6.47. The minimum absolute atomic E-state index is 0.327. The summed E-state index contributed by atoms with van der Waals surface area (Å²) < 4.78 is 5.76. The molecule has 1 N–H and O–H groups in total. The van der Waals surface area contributed by atoms with Gasteiger partial charge in [-0.25, -0.2) is 9.97 Å². The van der Waals surface area contributed by atoms with E-state index in [1.54, 1.807) is 0 Å². The first kappa shape index (κ1) is 17.0. The third kappa shape index (κ3) is 4.84. The summed E-state index contributed by atoms with van der Waals surface area (Å²) in [7, 11) is 0. The number of ether oxygens (including phenoxy) is 1. The van der Waals surface area contributed by atoms with E-state index in [9.17, 15) is 0 Å². The number of benzene rings is 1. The van der Waals surface area contributed by atoms with Crippen LogP contribution in [0.15, 0.2) is 42.7 Å². The number of hydrogen-bond acceptors (Lipinski definition) is 5. The van der Waals surface area contributed by atoms with E-state index in [0.717, 1.165) is 49.7 Å². The molecule has 5 nitrogen and oxygen atoms in total. The van der Waals surface area contributed by atoms with Crippen molar-refractivity contribution >= 4 is 0 Å². The van der Waals surface area contributed by atoms with Gasteiger partial charge in [0.15, 0.2) is 5.82 Å². The molecule has 0 amide bonds. The molecule has 1 aliphatic heterocycles. The lowest BCUT2D eigenvalue weighted by Crippen LogP contribution is -2.47. The Balaban J connectivity index is 1.42. The molecule has 2 aromatic rings. The summed E-state index contributed by atoms with van der Waals surface area (Å²) >= 11 is 0. The molecular weight excluding hydrogens is 300 g/mol. The molecular formula is C19H26N4O. The standard InChI is InChI=1S/C19H26N4O/c1-15-13-23(14-16(2)24-15)9-8-20-10-17-11-21-19(22-12-17)18-6-4-3-5-7-18/h3-7,11-12,15-16,20H,8-10,13-14H2,1-2H3/t15-,16-/m1/s1. The lowest BCUT2D eigenvalue weighted by atomic mass is 10.2. The fraction of sp³-hybridized carbons (Fsp3) is 0.474. The average molecular weight is 326 g/mol. The van der Waals surface area contributed by atoms with Crippen molar-refractivity contribution in [2.75, 3.05) is 26.2 Å². The van der Waals surface area contributed by atoms with Crippen LogP contribution in [0.5, 0.6) is 0 Å². The molecule has 5 heteroatoms. The van der Waals surface area contributed by atoms with Gasteiger partial charge < -0.3 is 10.1 Å². The van der Waals surface area contributed by atoms with E-state index < -0.39 is 0 Å². The van der Waals surface area contributed by atoms with Gasteiger partial charge in [-0.1, -0.05) is 30.3 Å². The van der Waals surface area contributed by atoms with Crippen molar-refractivity contribution in [3.05, 3.63) is 48.3 Å². The Labute approximate surface area is 144 Å². The Kier molecular flexibility index (Phi) is 5.91. The topological polar surface area (TPSA) is 50.3 Å². The lowest BCUT2D eigenvalue weighted by molar-refractivity contribution is -0.0674. The van der Waals surface area contributed by atoms with Crippen LogP contribution in [0.25, 0.3) is 11.4 Å². The van der Waals surface area contributed by atoms with Gasteiger partial charge in [0.1, 0.15) is 0 Å². The van der Waals surface area contributed by atoms with Crippen molar-refractivity contribution < 1.29 is 4.74 Å². The van der Waals surface area contributed by atoms with Gasteiger partial charge in [-0.15, -0.1) is 0 Å². The number of nitrogens with one attached hydrogen (secondary N) is 1. The van der Waals surface area contributed by atoms with E-state index in [0.29, 0.717) is 12.2 Å². The van der Waals surface area contributed by atoms with Crippen LogP contribution in [0.2, 0.25) is 0 Å². The molecule has 0 radical (unpaired) electrons. The largest absolute Gasteiger partial charge is 0.373 e. The minimum Gasteiger partial charge on any atom is -0.373 e. The molecule has 1 aliphatic rings. The van der Waals surface area contributed by atoms with Crippen LogP contribution < -0.4 is 5.32 Å². The Hall–Kier alpha value is -1.82. The molecule has 3 rings (SSSR count). The van der Waals surface area contributed by atoms with Gasteiger partial charge in [0.25, 0.3) is 0 Å². The van der Waals surface area contributed by atoms with Crippen molar-refractivity contribution in [3.63, 3.8) is 0 Å². The van der Waals surface area contributed by atoms with E-state index in [4.69, 9.17) is 4.74 Å². The summed E-state index contributed by atoms with van der Waals surface area (Å²) in [4.78, 5) is 11.4. The van der Waals surface area contributed by atoms with Gasteiger partial charge in [0, 0.05) is 56.2 Å². The Bertz CT molecular complexity index is 607. The average Bonchev–Trinajstić information content (AvgIpc) is 2.59. The van der Waals surface area contributed by atoms with Crippen molar-refractivity contribution in [2.24, 2.45) is 0 Å². The highest BCUT2D eigenvalue weighted by atomic mass is 16.5. The molecule has 2 heterocycles. The van der Waals surface area contributed by atoms with Crippen LogP contribution in [0.1, 0.15) is 19.4 Å². The first-order chi connectivity index (χ1) is 11.7. The highest BCUT2D eigenvalue weighted by Crippen LogP contribution is 2.13. The smallest absolute Gasteiger partial charge is 0.159 e. The maximum absolute atomic E-state index is 5.76. The molecule has 24 heavy (non-hydrogen) atoms. The summed E-state index contributed by atoms with van der Waals surface area (Å²) in [5, 5.41) is 3.48. The SMILES string of the molecule is C[C@@H]1CN(CCNCc2cnc(-c3ccccc3)nc2)C[C@@H](C)O1. The maximum Gasteiger partial charge on any atom is 0.159 e. The van der Waals surface area contributed by atoms with E-state index in [1.165, 1.54) is 0 Å². The quantitative estimate of drug-likeness (QED) is 0.826. The monoisotopic (exact) mass is 326 g/mol. The zero-order valence-electron chi connectivity index (χ0n) is 14.5. The van der Waals surface area contributed by atoms with Crippen LogP contribution in [0.4, 0.5) is 0 Å².